The van der Waals surface area contributed by atoms with Gasteiger partial charge in [0.25, 0.3) is 0 Å². The number of rotatable bonds is 1. The van der Waals surface area contributed by atoms with E-state index in [0.29, 0.717) is 4.64 Å². The van der Waals surface area contributed by atoms with Gasteiger partial charge in [0.15, 0.2) is 0 Å². The van der Waals surface area contributed by atoms with Crippen LogP contribution in [0.25, 0.3) is 11.4 Å². The van der Waals surface area contributed by atoms with E-state index in [1.54, 1.807) is 0 Å². The number of aromatic nitrogens is 2. The first-order valence-electron chi connectivity index (χ1n) is 4.91. The van der Waals surface area contributed by atoms with Crippen LogP contribution in [0.3, 0.4) is 0 Å². The summed E-state index contributed by atoms with van der Waals surface area (Å²) >= 11 is 8.59. The van der Waals surface area contributed by atoms with E-state index in [4.69, 9.17) is 12.2 Å². The Morgan fingerprint density at radius 1 is 1.31 bits per heavy atom. The maximum atomic E-state index is 5.18. The molecule has 1 N–H and O–H groups in total. The minimum absolute atomic E-state index is 0.591. The maximum Gasteiger partial charge on any atom is 0.144 e. The summed E-state index contributed by atoms with van der Waals surface area (Å²) in [6.07, 6.45) is 0. The molecule has 0 fully saturated rings. The molecule has 2 nitrogen and oxygen atoms in total. The first kappa shape index (κ1) is 11.5. The van der Waals surface area contributed by atoms with E-state index >= 15 is 0 Å². The molecule has 0 saturated carbocycles. The minimum atomic E-state index is 0.591. The van der Waals surface area contributed by atoms with Gasteiger partial charge in [-0.25, -0.2) is 4.98 Å². The van der Waals surface area contributed by atoms with E-state index in [9.17, 15) is 0 Å². The van der Waals surface area contributed by atoms with Crippen LogP contribution < -0.4 is 0 Å². The summed E-state index contributed by atoms with van der Waals surface area (Å²) in [5.74, 6) is 0.814. The van der Waals surface area contributed by atoms with Gasteiger partial charge in [-0.3, -0.25) is 0 Å². The van der Waals surface area contributed by atoms with Gasteiger partial charge < -0.3 is 4.98 Å². The van der Waals surface area contributed by atoms with Gasteiger partial charge in [0, 0.05) is 11.3 Å². The topological polar surface area (TPSA) is 28.7 Å². The number of hydrogen-bond acceptors (Lipinski definition) is 2. The van der Waals surface area contributed by atoms with Crippen molar-refractivity contribution in [3.63, 3.8) is 0 Å². The lowest BCUT2D eigenvalue weighted by atomic mass is 10.1. The lowest BCUT2D eigenvalue weighted by molar-refractivity contribution is 1.08. The van der Waals surface area contributed by atoms with Crippen molar-refractivity contribution in [2.24, 2.45) is 0 Å². The molecule has 0 radical (unpaired) electrons. The van der Waals surface area contributed by atoms with Gasteiger partial charge in [0.1, 0.15) is 10.5 Å². The zero-order valence-corrected chi connectivity index (χ0v) is 11.4. The highest BCUT2D eigenvalue weighted by atomic mass is 79.9. The molecule has 2 rings (SSSR count). The van der Waals surface area contributed by atoms with Gasteiger partial charge in [-0.1, -0.05) is 36.0 Å². The van der Waals surface area contributed by atoms with Crippen molar-refractivity contribution in [3.05, 3.63) is 44.6 Å². The molecular weight excluding hydrogens is 284 g/mol. The second kappa shape index (κ2) is 4.47. The highest BCUT2D eigenvalue weighted by Crippen LogP contribution is 2.21. The first-order valence-corrected chi connectivity index (χ1v) is 6.11. The summed E-state index contributed by atoms with van der Waals surface area (Å²) in [5, 5.41) is 0. The molecule has 0 bridgehead atoms. The van der Waals surface area contributed by atoms with Crippen molar-refractivity contribution in [1.29, 1.82) is 0 Å². The number of hydrogen-bond donors (Lipinski definition) is 1. The van der Waals surface area contributed by atoms with Crippen LogP contribution in [0.4, 0.5) is 0 Å². The SMILES string of the molecule is Cc1cccc(-c2nc(=S)c(Br)c(C)[nH]2)c1. The molecule has 4 heteroatoms. The van der Waals surface area contributed by atoms with Crippen molar-refractivity contribution in [1.82, 2.24) is 9.97 Å². The van der Waals surface area contributed by atoms with E-state index in [1.165, 1.54) is 5.56 Å². The van der Waals surface area contributed by atoms with Crippen LogP contribution in [0, 0.1) is 18.5 Å². The summed E-state index contributed by atoms with van der Waals surface area (Å²) in [7, 11) is 0. The van der Waals surface area contributed by atoms with Crippen molar-refractivity contribution >= 4 is 28.1 Å². The number of benzene rings is 1. The molecule has 0 unspecified atom stereocenters. The molecule has 2 aromatic rings. The molecule has 0 aliphatic carbocycles. The first-order chi connectivity index (χ1) is 7.58. The molecule has 82 valence electrons. The molecule has 0 amide bonds. The number of halogens is 1. The Balaban J connectivity index is 2.61. The Morgan fingerprint density at radius 2 is 2.06 bits per heavy atom. The smallest absolute Gasteiger partial charge is 0.144 e. The number of aryl methyl sites for hydroxylation is 2. The molecule has 0 aliphatic rings. The third-order valence-electron chi connectivity index (χ3n) is 2.33. The molecule has 1 aromatic carbocycles. The Kier molecular flexibility index (Phi) is 3.21. The molecule has 1 heterocycles. The minimum Gasteiger partial charge on any atom is -0.342 e. The predicted octanol–water partition coefficient (Wildman–Crippen LogP) is 4.19. The fourth-order valence-corrected chi connectivity index (χ4v) is 1.93. The Hall–Kier alpha value is -1.00. The largest absolute Gasteiger partial charge is 0.342 e. The number of aromatic amines is 1. The molecule has 0 aliphatic heterocycles. The predicted molar refractivity (Wildman–Crippen MR) is 72.0 cm³/mol. The van der Waals surface area contributed by atoms with Crippen LogP contribution in [0.15, 0.2) is 28.7 Å². The monoisotopic (exact) mass is 294 g/mol. The zero-order chi connectivity index (χ0) is 11.7. The standard InChI is InChI=1S/C12H11BrN2S/c1-7-4-3-5-9(6-7)11-14-8(2)10(13)12(16)15-11/h3-6H,1-2H3,(H,14,15,16). The normalized spacial score (nSPS) is 10.4. The fourth-order valence-electron chi connectivity index (χ4n) is 1.50. The number of nitrogens with one attached hydrogen (secondary N) is 1. The Labute approximate surface area is 108 Å². The van der Waals surface area contributed by atoms with Gasteiger partial charge in [0.2, 0.25) is 0 Å². The Morgan fingerprint density at radius 3 is 2.69 bits per heavy atom. The fraction of sp³-hybridized carbons (Fsp3) is 0.167. The van der Waals surface area contributed by atoms with Crippen LogP contribution in [-0.4, -0.2) is 9.97 Å². The van der Waals surface area contributed by atoms with Gasteiger partial charge >= 0.3 is 0 Å². The molecule has 0 saturated heterocycles. The quantitative estimate of drug-likeness (QED) is 0.799. The highest BCUT2D eigenvalue weighted by Gasteiger charge is 2.04. The summed E-state index contributed by atoms with van der Waals surface area (Å²) < 4.78 is 1.45. The zero-order valence-electron chi connectivity index (χ0n) is 9.04. The highest BCUT2D eigenvalue weighted by molar-refractivity contribution is 9.10. The molecule has 0 atom stereocenters. The average Bonchev–Trinajstić information content (AvgIpc) is 2.25. The second-order valence-corrected chi connectivity index (χ2v) is 4.88. The van der Waals surface area contributed by atoms with Crippen LogP contribution in [0.2, 0.25) is 0 Å². The van der Waals surface area contributed by atoms with Crippen molar-refractivity contribution in [3.8, 4) is 11.4 Å². The van der Waals surface area contributed by atoms with Crippen molar-refractivity contribution in [2.75, 3.05) is 0 Å². The lowest BCUT2D eigenvalue weighted by Gasteiger charge is -2.05. The van der Waals surface area contributed by atoms with Crippen LogP contribution in [-0.2, 0) is 0 Å². The van der Waals surface area contributed by atoms with Gasteiger partial charge in [-0.15, -0.1) is 0 Å². The Bertz CT molecular complexity index is 590. The second-order valence-electron chi connectivity index (χ2n) is 3.70. The summed E-state index contributed by atoms with van der Waals surface area (Å²) in [5.41, 5.74) is 3.26. The summed E-state index contributed by atoms with van der Waals surface area (Å²) in [6.45, 7) is 4.03. The third-order valence-corrected chi connectivity index (χ3v) is 3.86. The summed E-state index contributed by atoms with van der Waals surface area (Å²) in [6, 6.07) is 8.18. The number of nitrogens with zero attached hydrogens (tertiary/aromatic N) is 1. The van der Waals surface area contributed by atoms with E-state index in [2.05, 4.69) is 45.0 Å². The average molecular weight is 295 g/mol. The van der Waals surface area contributed by atoms with Gasteiger partial charge in [-0.05, 0) is 35.8 Å². The van der Waals surface area contributed by atoms with Crippen molar-refractivity contribution in [2.45, 2.75) is 13.8 Å². The molecule has 0 spiro atoms. The van der Waals surface area contributed by atoms with E-state index in [1.807, 2.05) is 19.1 Å². The molecule has 1 aromatic heterocycles. The van der Waals surface area contributed by atoms with Crippen LogP contribution in [0.1, 0.15) is 11.3 Å². The summed E-state index contributed by atoms with van der Waals surface area (Å²) in [4.78, 5) is 7.59. The molecular formula is C12H11BrN2S. The number of H-pyrrole nitrogens is 1. The maximum absolute atomic E-state index is 5.18. The van der Waals surface area contributed by atoms with Crippen molar-refractivity contribution < 1.29 is 0 Å². The van der Waals surface area contributed by atoms with Gasteiger partial charge in [0.05, 0.1) is 4.47 Å². The van der Waals surface area contributed by atoms with Crippen LogP contribution in [0.5, 0.6) is 0 Å². The van der Waals surface area contributed by atoms with Gasteiger partial charge in [-0.2, -0.15) is 0 Å². The van der Waals surface area contributed by atoms with E-state index < -0.39 is 0 Å². The third kappa shape index (κ3) is 2.23. The van der Waals surface area contributed by atoms with E-state index in [0.717, 1.165) is 21.6 Å². The molecule has 16 heavy (non-hydrogen) atoms. The van der Waals surface area contributed by atoms with Crippen LogP contribution >= 0.6 is 28.1 Å². The van der Waals surface area contributed by atoms with E-state index in [-0.39, 0.29) is 0 Å². The lowest BCUT2D eigenvalue weighted by Crippen LogP contribution is -1.94.